The topological polar surface area (TPSA) is 61.8 Å². The van der Waals surface area contributed by atoms with E-state index in [0.717, 1.165) is 25.8 Å². The Morgan fingerprint density at radius 2 is 2.00 bits per heavy atom. The third kappa shape index (κ3) is 3.40. The van der Waals surface area contributed by atoms with E-state index in [2.05, 4.69) is 48.3 Å². The van der Waals surface area contributed by atoms with Crippen LogP contribution in [0, 0.1) is 5.41 Å². The van der Waals surface area contributed by atoms with Crippen molar-refractivity contribution in [2.45, 2.75) is 32.6 Å². The summed E-state index contributed by atoms with van der Waals surface area (Å²) in [7, 11) is 2.10. The Kier molecular flexibility index (Phi) is 3.98. The molecule has 19 heavy (non-hydrogen) atoms. The summed E-state index contributed by atoms with van der Waals surface area (Å²) in [5.41, 5.74) is 8.42. The normalized spacial score (nSPS) is 17.3. The lowest BCUT2D eigenvalue weighted by Crippen LogP contribution is -2.30. The van der Waals surface area contributed by atoms with Gasteiger partial charge in [-0.3, -0.25) is 0 Å². The van der Waals surface area contributed by atoms with Gasteiger partial charge < -0.3 is 15.8 Å². The van der Waals surface area contributed by atoms with E-state index in [1.54, 1.807) is 0 Å². The first kappa shape index (κ1) is 13.7. The van der Waals surface area contributed by atoms with Gasteiger partial charge in [0.1, 0.15) is 5.84 Å². The van der Waals surface area contributed by atoms with Crippen molar-refractivity contribution < 1.29 is 5.21 Å². The summed E-state index contributed by atoms with van der Waals surface area (Å²) in [5.74, 6) is 0.340. The second-order valence-corrected chi connectivity index (χ2v) is 5.64. The number of anilines is 1. The van der Waals surface area contributed by atoms with Gasteiger partial charge in [0.25, 0.3) is 0 Å². The summed E-state index contributed by atoms with van der Waals surface area (Å²) in [6.45, 7) is 3.11. The average molecular weight is 261 g/mol. The number of nitrogens with zero attached hydrogens (tertiary/aromatic N) is 2. The van der Waals surface area contributed by atoms with Gasteiger partial charge in [-0.25, -0.2) is 0 Å². The van der Waals surface area contributed by atoms with Crippen LogP contribution in [0.4, 0.5) is 5.69 Å². The molecule has 1 aromatic rings. The van der Waals surface area contributed by atoms with Gasteiger partial charge in [-0.05, 0) is 42.4 Å². The zero-order valence-corrected chi connectivity index (χ0v) is 11.8. The van der Waals surface area contributed by atoms with Gasteiger partial charge in [-0.2, -0.15) is 0 Å². The minimum atomic E-state index is 0.203. The van der Waals surface area contributed by atoms with Crippen LogP contribution in [0.15, 0.2) is 29.4 Å². The summed E-state index contributed by atoms with van der Waals surface area (Å²) in [6.07, 6.45) is 4.06. The highest BCUT2D eigenvalue weighted by Crippen LogP contribution is 2.49. The van der Waals surface area contributed by atoms with Gasteiger partial charge in [-0.1, -0.05) is 24.2 Å². The number of hydrogen-bond donors (Lipinski definition) is 2. The minimum absolute atomic E-state index is 0.203. The molecule has 3 N–H and O–H groups in total. The largest absolute Gasteiger partial charge is 0.409 e. The van der Waals surface area contributed by atoms with E-state index in [1.165, 1.54) is 11.3 Å². The number of oxime groups is 1. The van der Waals surface area contributed by atoms with E-state index in [1.807, 2.05) is 0 Å². The van der Waals surface area contributed by atoms with Gasteiger partial charge >= 0.3 is 0 Å². The molecule has 104 valence electrons. The molecule has 0 atom stereocenters. The van der Waals surface area contributed by atoms with Gasteiger partial charge in [0, 0.05) is 25.7 Å². The Morgan fingerprint density at radius 1 is 1.37 bits per heavy atom. The summed E-state index contributed by atoms with van der Waals surface area (Å²) in [5, 5.41) is 11.8. The predicted molar refractivity (Wildman–Crippen MR) is 78.8 cm³/mol. The van der Waals surface area contributed by atoms with E-state index in [0.29, 0.717) is 12.3 Å². The summed E-state index contributed by atoms with van der Waals surface area (Å²) >= 11 is 0. The number of amidine groups is 1. The Labute approximate surface area is 114 Å². The first-order valence-electron chi connectivity index (χ1n) is 6.85. The van der Waals surface area contributed by atoms with Gasteiger partial charge in [0.15, 0.2) is 0 Å². The molecule has 4 heteroatoms. The fourth-order valence-electron chi connectivity index (χ4n) is 2.57. The monoisotopic (exact) mass is 261 g/mol. The highest BCUT2D eigenvalue weighted by atomic mass is 16.4. The predicted octanol–water partition coefficient (Wildman–Crippen LogP) is 2.60. The molecular formula is C15H23N3O. The molecule has 0 unspecified atom stereocenters. The molecule has 1 aliphatic rings. The maximum Gasteiger partial charge on any atom is 0.139 e. The standard InChI is InChI=1S/C15H23N3O/c1-3-12-4-6-13(7-5-12)18(2)11-15(8-9-15)10-14(16)17-19/h4-7,19H,3,8-11H2,1-2H3,(H2,16,17). The summed E-state index contributed by atoms with van der Waals surface area (Å²) in [4.78, 5) is 2.26. The summed E-state index contributed by atoms with van der Waals surface area (Å²) in [6, 6.07) is 8.68. The van der Waals surface area contributed by atoms with Crippen LogP contribution in [0.3, 0.4) is 0 Å². The van der Waals surface area contributed by atoms with Crippen molar-refractivity contribution in [1.82, 2.24) is 0 Å². The van der Waals surface area contributed by atoms with Crippen LogP contribution in [0.2, 0.25) is 0 Å². The molecule has 0 aliphatic heterocycles. The van der Waals surface area contributed by atoms with Crippen LogP contribution in [-0.2, 0) is 6.42 Å². The van der Waals surface area contributed by atoms with Crippen molar-refractivity contribution in [2.75, 3.05) is 18.5 Å². The minimum Gasteiger partial charge on any atom is -0.409 e. The molecule has 0 heterocycles. The molecule has 1 fully saturated rings. The molecule has 2 rings (SSSR count). The highest BCUT2D eigenvalue weighted by molar-refractivity contribution is 5.80. The molecular weight excluding hydrogens is 238 g/mol. The van der Waals surface area contributed by atoms with Crippen LogP contribution in [0.25, 0.3) is 0 Å². The first-order chi connectivity index (χ1) is 9.08. The van der Waals surface area contributed by atoms with E-state index in [4.69, 9.17) is 10.9 Å². The van der Waals surface area contributed by atoms with Crippen LogP contribution in [-0.4, -0.2) is 24.6 Å². The Hall–Kier alpha value is -1.71. The third-order valence-corrected chi connectivity index (χ3v) is 4.00. The Bertz CT molecular complexity index is 449. The van der Waals surface area contributed by atoms with Crippen molar-refractivity contribution >= 4 is 11.5 Å². The van der Waals surface area contributed by atoms with Crippen LogP contribution >= 0.6 is 0 Å². The molecule has 0 saturated heterocycles. The first-order valence-corrected chi connectivity index (χ1v) is 6.85. The molecule has 0 amide bonds. The Morgan fingerprint density at radius 3 is 2.47 bits per heavy atom. The Balaban J connectivity index is 1.98. The van der Waals surface area contributed by atoms with Crippen LogP contribution in [0.1, 0.15) is 31.7 Å². The van der Waals surface area contributed by atoms with Crippen LogP contribution < -0.4 is 10.6 Å². The van der Waals surface area contributed by atoms with Gasteiger partial charge in [0.2, 0.25) is 0 Å². The molecule has 4 nitrogen and oxygen atoms in total. The lowest BCUT2D eigenvalue weighted by atomic mass is 10.0. The van der Waals surface area contributed by atoms with Crippen molar-refractivity contribution in [3.8, 4) is 0 Å². The van der Waals surface area contributed by atoms with E-state index in [9.17, 15) is 0 Å². The second-order valence-electron chi connectivity index (χ2n) is 5.64. The van der Waals surface area contributed by atoms with E-state index < -0.39 is 0 Å². The van der Waals surface area contributed by atoms with Gasteiger partial charge in [-0.15, -0.1) is 0 Å². The lowest BCUT2D eigenvalue weighted by Gasteiger charge is -2.25. The van der Waals surface area contributed by atoms with Crippen molar-refractivity contribution in [1.29, 1.82) is 0 Å². The van der Waals surface area contributed by atoms with Crippen molar-refractivity contribution in [3.05, 3.63) is 29.8 Å². The summed E-state index contributed by atoms with van der Waals surface area (Å²) < 4.78 is 0. The molecule has 0 aromatic heterocycles. The number of hydrogen-bond acceptors (Lipinski definition) is 3. The number of rotatable bonds is 6. The maximum atomic E-state index is 8.68. The van der Waals surface area contributed by atoms with E-state index in [-0.39, 0.29) is 5.41 Å². The smallest absolute Gasteiger partial charge is 0.139 e. The second kappa shape index (κ2) is 5.51. The van der Waals surface area contributed by atoms with Crippen molar-refractivity contribution in [3.63, 3.8) is 0 Å². The lowest BCUT2D eigenvalue weighted by molar-refractivity contribution is 0.314. The van der Waals surface area contributed by atoms with Crippen molar-refractivity contribution in [2.24, 2.45) is 16.3 Å². The molecule has 0 radical (unpaired) electrons. The maximum absolute atomic E-state index is 8.68. The van der Waals surface area contributed by atoms with E-state index >= 15 is 0 Å². The molecule has 1 aromatic carbocycles. The fourth-order valence-corrected chi connectivity index (χ4v) is 2.57. The zero-order chi connectivity index (χ0) is 13.9. The molecule has 1 saturated carbocycles. The number of nitrogens with two attached hydrogens (primary N) is 1. The van der Waals surface area contributed by atoms with Gasteiger partial charge in [0.05, 0.1) is 0 Å². The number of benzene rings is 1. The molecule has 0 spiro atoms. The highest BCUT2D eigenvalue weighted by Gasteiger charge is 2.44. The quantitative estimate of drug-likeness (QED) is 0.358. The SMILES string of the molecule is CCc1ccc(N(C)CC2(CC(N)=NO)CC2)cc1. The zero-order valence-electron chi connectivity index (χ0n) is 11.8. The van der Waals surface area contributed by atoms with Crippen LogP contribution in [0.5, 0.6) is 0 Å². The fraction of sp³-hybridized carbons (Fsp3) is 0.533. The third-order valence-electron chi connectivity index (χ3n) is 4.00. The average Bonchev–Trinajstić information content (AvgIpc) is 3.18. The molecule has 0 bridgehead atoms. The number of aryl methyl sites for hydroxylation is 1. The molecule has 1 aliphatic carbocycles.